The number of anilines is 1. The number of benzene rings is 3. The lowest BCUT2D eigenvalue weighted by molar-refractivity contribution is -0.139. The third-order valence-electron chi connectivity index (χ3n) is 7.36. The number of halogens is 1. The first-order chi connectivity index (χ1) is 19.6. The molecule has 0 saturated heterocycles. The lowest BCUT2D eigenvalue weighted by Gasteiger charge is -2.33. The maximum Gasteiger partial charge on any atom is 0.264 e. The number of rotatable bonds is 11. The fraction of sp³-hybridized carbons (Fsp3) is 0.355. The van der Waals surface area contributed by atoms with Crippen molar-refractivity contribution in [2.24, 2.45) is 0 Å². The summed E-state index contributed by atoms with van der Waals surface area (Å²) >= 11 is 6.29. The summed E-state index contributed by atoms with van der Waals surface area (Å²) < 4.78 is 34.6. The molecule has 41 heavy (non-hydrogen) atoms. The molecule has 1 fully saturated rings. The highest BCUT2D eigenvalue weighted by molar-refractivity contribution is 7.92. The first-order valence-corrected chi connectivity index (χ1v) is 15.5. The van der Waals surface area contributed by atoms with Gasteiger partial charge in [0.25, 0.3) is 10.0 Å². The number of hydrogen-bond acceptors (Lipinski definition) is 5. The second-order valence-corrected chi connectivity index (χ2v) is 12.6. The summed E-state index contributed by atoms with van der Waals surface area (Å²) in [6.45, 7) is 3.09. The number of nitrogens with one attached hydrogen (secondary N) is 1. The van der Waals surface area contributed by atoms with Crippen LogP contribution in [-0.2, 0) is 26.2 Å². The maximum absolute atomic E-state index is 14.1. The van der Waals surface area contributed by atoms with E-state index in [1.807, 2.05) is 37.3 Å². The van der Waals surface area contributed by atoms with Crippen LogP contribution in [0.3, 0.4) is 0 Å². The quantitative estimate of drug-likeness (QED) is 0.322. The highest BCUT2D eigenvalue weighted by Gasteiger charge is 2.34. The Kier molecular flexibility index (Phi) is 9.94. The largest absolute Gasteiger partial charge is 0.495 e. The van der Waals surface area contributed by atoms with Crippen molar-refractivity contribution in [3.8, 4) is 5.75 Å². The average molecular weight is 598 g/mol. The Labute approximate surface area is 247 Å². The molecule has 1 saturated carbocycles. The van der Waals surface area contributed by atoms with Gasteiger partial charge in [-0.15, -0.1) is 0 Å². The van der Waals surface area contributed by atoms with Gasteiger partial charge in [-0.05, 0) is 62.6 Å². The van der Waals surface area contributed by atoms with Crippen molar-refractivity contribution in [3.63, 3.8) is 0 Å². The van der Waals surface area contributed by atoms with Crippen molar-refractivity contribution >= 4 is 39.1 Å². The van der Waals surface area contributed by atoms with Gasteiger partial charge in [-0.3, -0.25) is 13.9 Å². The minimum absolute atomic E-state index is 0.0135. The standard InChI is InChI=1S/C31H36ClN3O5S/c1-22-13-16-27(17-14-22)41(38,39)35(28-19-25(32)15-18-29(28)40-3)21-30(36)34(20-24-9-5-4-6-10-24)23(2)31(37)33-26-11-7-8-12-26/h4-6,9-10,13-19,23,26H,7-8,11-12,20-21H2,1-3H3,(H,33,37)/t23-/m1/s1. The summed E-state index contributed by atoms with van der Waals surface area (Å²) in [5.41, 5.74) is 1.83. The van der Waals surface area contributed by atoms with Gasteiger partial charge in [0.15, 0.2) is 0 Å². The van der Waals surface area contributed by atoms with E-state index < -0.39 is 28.5 Å². The lowest BCUT2D eigenvalue weighted by Crippen LogP contribution is -2.52. The average Bonchev–Trinajstić information content (AvgIpc) is 3.48. The first kappa shape index (κ1) is 30.4. The highest BCUT2D eigenvalue weighted by atomic mass is 35.5. The molecule has 10 heteroatoms. The van der Waals surface area contributed by atoms with Gasteiger partial charge in [0, 0.05) is 17.6 Å². The molecule has 1 aliphatic carbocycles. The van der Waals surface area contributed by atoms with Crippen LogP contribution in [0.4, 0.5) is 5.69 Å². The van der Waals surface area contributed by atoms with E-state index in [1.165, 1.54) is 30.2 Å². The van der Waals surface area contributed by atoms with Crippen LogP contribution in [0.2, 0.25) is 5.02 Å². The van der Waals surface area contributed by atoms with Crippen molar-refractivity contribution in [2.75, 3.05) is 18.0 Å². The van der Waals surface area contributed by atoms with Gasteiger partial charge in [0.05, 0.1) is 17.7 Å². The number of nitrogens with zero attached hydrogens (tertiary/aromatic N) is 2. The van der Waals surface area contributed by atoms with Crippen LogP contribution < -0.4 is 14.4 Å². The monoisotopic (exact) mass is 597 g/mol. The van der Waals surface area contributed by atoms with E-state index in [2.05, 4.69) is 5.32 Å². The van der Waals surface area contributed by atoms with Crippen LogP contribution in [0.1, 0.15) is 43.7 Å². The SMILES string of the molecule is COc1ccc(Cl)cc1N(CC(=O)N(Cc1ccccc1)[C@H](C)C(=O)NC1CCCC1)S(=O)(=O)c1ccc(C)cc1. The summed E-state index contributed by atoms with van der Waals surface area (Å²) in [5.74, 6) is -0.574. The van der Waals surface area contributed by atoms with E-state index in [0.717, 1.165) is 41.1 Å². The molecule has 0 heterocycles. The third kappa shape index (κ3) is 7.40. The molecule has 0 bridgehead atoms. The molecule has 3 aromatic carbocycles. The van der Waals surface area contributed by atoms with E-state index in [-0.39, 0.29) is 39.8 Å². The van der Waals surface area contributed by atoms with Gasteiger partial charge >= 0.3 is 0 Å². The summed E-state index contributed by atoms with van der Waals surface area (Å²) in [4.78, 5) is 28.8. The molecule has 0 unspecified atom stereocenters. The first-order valence-electron chi connectivity index (χ1n) is 13.7. The predicted molar refractivity (Wildman–Crippen MR) is 161 cm³/mol. The topological polar surface area (TPSA) is 96.0 Å². The highest BCUT2D eigenvalue weighted by Crippen LogP contribution is 2.35. The number of methoxy groups -OCH3 is 1. The van der Waals surface area contributed by atoms with Gasteiger partial charge in [-0.2, -0.15) is 0 Å². The van der Waals surface area contributed by atoms with Crippen LogP contribution in [-0.4, -0.2) is 50.9 Å². The third-order valence-corrected chi connectivity index (χ3v) is 9.37. The van der Waals surface area contributed by atoms with E-state index >= 15 is 0 Å². The van der Waals surface area contributed by atoms with Gasteiger partial charge in [-0.1, -0.05) is 72.5 Å². The fourth-order valence-corrected chi connectivity index (χ4v) is 6.55. The number of ether oxygens (including phenoxy) is 1. The fourth-order valence-electron chi connectivity index (χ4n) is 4.96. The molecule has 4 rings (SSSR count). The molecule has 0 aromatic heterocycles. The van der Waals surface area contributed by atoms with Crippen LogP contribution >= 0.6 is 11.6 Å². The Morgan fingerprint density at radius 2 is 1.68 bits per heavy atom. The van der Waals surface area contributed by atoms with Crippen molar-refractivity contribution < 1.29 is 22.7 Å². The smallest absolute Gasteiger partial charge is 0.264 e. The van der Waals surface area contributed by atoms with Crippen LogP contribution in [0, 0.1) is 6.92 Å². The molecule has 2 amide bonds. The van der Waals surface area contributed by atoms with Gasteiger partial charge < -0.3 is 15.0 Å². The minimum atomic E-state index is -4.24. The molecule has 0 spiro atoms. The number of carbonyl (C=O) groups is 2. The molecule has 1 atom stereocenters. The van der Waals surface area contributed by atoms with Crippen molar-refractivity contribution in [3.05, 3.63) is 88.9 Å². The second kappa shape index (κ2) is 13.4. The molecular weight excluding hydrogens is 562 g/mol. The minimum Gasteiger partial charge on any atom is -0.495 e. The second-order valence-electron chi connectivity index (χ2n) is 10.3. The Bertz CT molecular complexity index is 1460. The summed E-state index contributed by atoms with van der Waals surface area (Å²) in [7, 11) is -2.82. The molecule has 1 N–H and O–H groups in total. The lowest BCUT2D eigenvalue weighted by atomic mass is 10.1. The number of amides is 2. The molecule has 0 radical (unpaired) electrons. The predicted octanol–water partition coefficient (Wildman–Crippen LogP) is 5.33. The summed E-state index contributed by atoms with van der Waals surface area (Å²) in [6.07, 6.45) is 3.92. The molecule has 1 aliphatic rings. The van der Waals surface area contributed by atoms with Crippen molar-refractivity contribution in [1.29, 1.82) is 0 Å². The Hall–Kier alpha value is -3.56. The molecule has 8 nitrogen and oxygen atoms in total. The van der Waals surface area contributed by atoms with Gasteiger partial charge in [0.2, 0.25) is 11.8 Å². The zero-order valence-electron chi connectivity index (χ0n) is 23.5. The van der Waals surface area contributed by atoms with Gasteiger partial charge in [-0.25, -0.2) is 8.42 Å². The summed E-state index contributed by atoms with van der Waals surface area (Å²) in [6, 6.07) is 19.5. The Morgan fingerprint density at radius 3 is 2.32 bits per heavy atom. The number of carbonyl (C=O) groups excluding carboxylic acids is 2. The van der Waals surface area contributed by atoms with E-state index in [9.17, 15) is 18.0 Å². The normalized spacial score (nSPS) is 14.3. The van der Waals surface area contributed by atoms with E-state index in [1.54, 1.807) is 31.2 Å². The van der Waals surface area contributed by atoms with Gasteiger partial charge in [0.1, 0.15) is 18.3 Å². The molecule has 3 aromatic rings. The maximum atomic E-state index is 14.1. The number of aryl methyl sites for hydroxylation is 1. The van der Waals surface area contributed by atoms with Crippen LogP contribution in [0.15, 0.2) is 77.7 Å². The Morgan fingerprint density at radius 1 is 1.02 bits per heavy atom. The molecular formula is C31H36ClN3O5S. The van der Waals surface area contributed by atoms with Crippen molar-refractivity contribution in [2.45, 2.75) is 63.1 Å². The van der Waals surface area contributed by atoms with E-state index in [4.69, 9.17) is 16.3 Å². The Balaban J connectivity index is 1.73. The number of sulfonamides is 1. The zero-order chi connectivity index (χ0) is 29.6. The van der Waals surface area contributed by atoms with Crippen LogP contribution in [0.5, 0.6) is 5.75 Å². The molecule has 218 valence electrons. The zero-order valence-corrected chi connectivity index (χ0v) is 25.1. The van der Waals surface area contributed by atoms with Crippen molar-refractivity contribution in [1.82, 2.24) is 10.2 Å². The van der Waals surface area contributed by atoms with E-state index in [0.29, 0.717) is 0 Å². The molecule has 0 aliphatic heterocycles. The number of hydrogen-bond donors (Lipinski definition) is 1. The summed E-state index contributed by atoms with van der Waals surface area (Å²) in [5, 5.41) is 3.35. The van der Waals surface area contributed by atoms with Crippen LogP contribution in [0.25, 0.3) is 0 Å².